The number of ether oxygens (including phenoxy) is 1. The van der Waals surface area contributed by atoms with Gasteiger partial charge in [-0.2, -0.15) is 0 Å². The number of hydrogen-bond donors (Lipinski definition) is 1. The van der Waals surface area contributed by atoms with Crippen LogP contribution in [0.4, 0.5) is 4.79 Å². The Bertz CT molecular complexity index is 1060. The van der Waals surface area contributed by atoms with Crippen molar-refractivity contribution in [2.45, 2.75) is 6.42 Å². The van der Waals surface area contributed by atoms with Gasteiger partial charge in [0.2, 0.25) is 0 Å². The van der Waals surface area contributed by atoms with Crippen LogP contribution in [0, 0.1) is 0 Å². The molecule has 2 bridgehead atoms. The number of carbonyl (C=O) groups is 2. The molecule has 0 unspecified atom stereocenters. The van der Waals surface area contributed by atoms with Gasteiger partial charge < -0.3 is 0 Å². The van der Waals surface area contributed by atoms with E-state index in [-0.39, 0.29) is 11.1 Å². The molecule has 4 aliphatic heterocycles. The van der Waals surface area contributed by atoms with Crippen molar-refractivity contribution in [3.63, 3.8) is 0 Å². The maximum atomic E-state index is 12.2. The van der Waals surface area contributed by atoms with Gasteiger partial charge in [0.05, 0.1) is 0 Å². The molecule has 0 atom stereocenters. The van der Waals surface area contributed by atoms with Gasteiger partial charge in [0.25, 0.3) is 0 Å². The summed E-state index contributed by atoms with van der Waals surface area (Å²) in [6.07, 6.45) is 0.902. The number of allylic oxidation sites excluding steroid dienone is 3. The molecule has 1 saturated heterocycles. The summed E-state index contributed by atoms with van der Waals surface area (Å²) in [6.45, 7) is 0. The first-order chi connectivity index (χ1) is 12.7. The number of hydrogen-bond acceptors (Lipinski definition) is 4. The average molecular weight is 463 g/mol. The predicted molar refractivity (Wildman–Crippen MR) is 104 cm³/mol. The molecule has 2 amide bonds. The Morgan fingerprint density at radius 3 is 2.69 bits per heavy atom. The van der Waals surface area contributed by atoms with E-state index in [1.54, 1.807) is 7.11 Å². The normalized spacial score (nSPS) is 20.3. The van der Waals surface area contributed by atoms with Gasteiger partial charge in [-0.25, -0.2) is 0 Å². The van der Waals surface area contributed by atoms with E-state index in [1.807, 2.05) is 12.1 Å². The zero-order valence-electron chi connectivity index (χ0n) is 14.0. The van der Waals surface area contributed by atoms with Crippen molar-refractivity contribution in [2.24, 2.45) is 0 Å². The summed E-state index contributed by atoms with van der Waals surface area (Å²) in [6, 6.07) is 16.7. The van der Waals surface area contributed by atoms with Gasteiger partial charge in [0, 0.05) is 0 Å². The fourth-order valence-corrected chi connectivity index (χ4v) is 16.7. The van der Waals surface area contributed by atoms with Gasteiger partial charge in [-0.05, 0) is 0 Å². The molecule has 4 aliphatic rings. The fourth-order valence-electron chi connectivity index (χ4n) is 4.12. The summed E-state index contributed by atoms with van der Waals surface area (Å²) in [4.78, 5) is 24.5. The van der Waals surface area contributed by atoms with Crippen LogP contribution >= 0.6 is 11.8 Å². The zero-order chi connectivity index (χ0) is 17.8. The molecule has 1 N–H and O–H groups in total. The van der Waals surface area contributed by atoms with Crippen molar-refractivity contribution >= 4 is 53.2 Å². The number of rotatable bonds is 3. The Hall–Kier alpha value is -1.92. The van der Waals surface area contributed by atoms with E-state index in [0.29, 0.717) is 4.91 Å². The summed E-state index contributed by atoms with van der Waals surface area (Å²) in [5, 5.41) is 2.16. The van der Waals surface area contributed by atoms with Gasteiger partial charge in [0.15, 0.2) is 0 Å². The van der Waals surface area contributed by atoms with Crippen LogP contribution in [0.2, 0.25) is 0 Å². The Labute approximate surface area is 162 Å². The molecule has 4 nitrogen and oxygen atoms in total. The molecule has 0 saturated carbocycles. The fraction of sp³-hybridized carbons (Fsp3) is 0.100. The van der Waals surface area contributed by atoms with E-state index in [2.05, 4.69) is 41.7 Å². The predicted octanol–water partition coefficient (Wildman–Crippen LogP) is 2.74. The van der Waals surface area contributed by atoms with Crippen LogP contribution in [0.5, 0.6) is 5.75 Å². The Morgan fingerprint density at radius 2 is 1.96 bits per heavy atom. The number of thioether (sulfide) groups is 1. The van der Waals surface area contributed by atoms with Crippen molar-refractivity contribution in [3.05, 3.63) is 71.2 Å². The van der Waals surface area contributed by atoms with Crippen LogP contribution in [0.1, 0.15) is 11.1 Å². The maximum absolute atomic E-state index is 12.2. The third-order valence-electron chi connectivity index (χ3n) is 5.16. The van der Waals surface area contributed by atoms with Crippen molar-refractivity contribution in [1.82, 2.24) is 5.32 Å². The van der Waals surface area contributed by atoms with Gasteiger partial charge in [-0.3, -0.25) is 0 Å². The first-order valence-corrected chi connectivity index (χ1v) is 14.2. The minimum atomic E-state index is -2.41. The third kappa shape index (κ3) is 2.32. The second-order valence-corrected chi connectivity index (χ2v) is 15.4. The summed E-state index contributed by atoms with van der Waals surface area (Å²) in [5.41, 5.74) is 3.74. The zero-order valence-corrected chi connectivity index (χ0v) is 18.1. The van der Waals surface area contributed by atoms with E-state index < -0.39 is 21.4 Å². The number of imide groups is 1. The summed E-state index contributed by atoms with van der Waals surface area (Å²) in [7, 11) is 1.68. The summed E-state index contributed by atoms with van der Waals surface area (Å²) in [5.74, 6) is 0.643. The van der Waals surface area contributed by atoms with E-state index in [4.69, 9.17) is 4.74 Å². The van der Waals surface area contributed by atoms with Crippen LogP contribution in [0.3, 0.4) is 0 Å². The molecule has 1 fully saturated rings. The number of benzene rings is 2. The average Bonchev–Trinajstić information content (AvgIpc) is 3.26. The van der Waals surface area contributed by atoms with Crippen molar-refractivity contribution in [2.75, 3.05) is 7.11 Å². The molecule has 6 heteroatoms. The van der Waals surface area contributed by atoms with Crippen LogP contribution < -0.4 is 13.4 Å². The van der Waals surface area contributed by atoms with Crippen LogP contribution in [-0.2, 0) is 11.2 Å². The Balaban J connectivity index is 1.61. The van der Waals surface area contributed by atoms with E-state index >= 15 is 0 Å². The van der Waals surface area contributed by atoms with Gasteiger partial charge >= 0.3 is 163 Å². The molecule has 0 radical (unpaired) electrons. The van der Waals surface area contributed by atoms with Crippen molar-refractivity contribution in [1.29, 1.82) is 0 Å². The van der Waals surface area contributed by atoms with Crippen molar-refractivity contribution < 1.29 is 14.3 Å². The second-order valence-electron chi connectivity index (χ2n) is 6.54. The number of methoxy groups -OCH3 is 1. The van der Waals surface area contributed by atoms with Crippen LogP contribution in [0.15, 0.2) is 60.1 Å². The minimum absolute atomic E-state index is 0.220. The van der Waals surface area contributed by atoms with Crippen LogP contribution in [-0.4, -0.2) is 39.7 Å². The summed E-state index contributed by atoms with van der Waals surface area (Å²) >= 11 is -1.35. The van der Waals surface area contributed by atoms with Gasteiger partial charge in [0.1, 0.15) is 0 Å². The van der Waals surface area contributed by atoms with E-state index in [9.17, 15) is 9.59 Å². The first-order valence-electron chi connectivity index (χ1n) is 8.40. The topological polar surface area (TPSA) is 55.4 Å². The molecular formula is C20H14InNO3S. The van der Waals surface area contributed by atoms with Gasteiger partial charge in [-0.1, -0.05) is 0 Å². The number of carbonyl (C=O) groups excluding carboxylic acids is 2. The molecule has 6 rings (SSSR count). The number of nitrogens with one attached hydrogen (secondary N) is 1. The van der Waals surface area contributed by atoms with Crippen molar-refractivity contribution in [3.8, 4) is 5.75 Å². The monoisotopic (exact) mass is 463 g/mol. The first kappa shape index (κ1) is 16.3. The molecule has 126 valence electrons. The molecule has 0 aromatic heterocycles. The van der Waals surface area contributed by atoms with E-state index in [0.717, 1.165) is 23.9 Å². The Morgan fingerprint density at radius 1 is 1.12 bits per heavy atom. The van der Waals surface area contributed by atoms with E-state index in [1.165, 1.54) is 26.7 Å². The Kier molecular flexibility index (Phi) is 3.79. The van der Waals surface area contributed by atoms with Crippen LogP contribution in [0.25, 0.3) is 5.57 Å². The SMILES string of the molecule is COc1cccc(C[C]2=C3/[C](=C4/SC(=O)NC4=O)[In]2[c]2ccccc23)c1. The molecule has 26 heavy (non-hydrogen) atoms. The molecular weight excluding hydrogens is 449 g/mol. The standard InChI is InChI=1S/C20H14NO3S.In/c1-24-17-9-5-6-14(12-17)10-11-16(15-7-3-2-4-8-15)13-18-19(22)21-20(23)25-18;/h2-7,9,12H,10H2,1H3,(H,21,22,23);. The molecule has 2 aromatic rings. The quantitative estimate of drug-likeness (QED) is 0.712. The molecule has 0 spiro atoms. The third-order valence-corrected chi connectivity index (χ3v) is 16.6. The molecule has 0 aliphatic carbocycles. The molecule has 2 aromatic carbocycles. The summed E-state index contributed by atoms with van der Waals surface area (Å²) < 4.78 is 9.53. The number of amides is 2. The molecule has 4 heterocycles. The second kappa shape index (κ2) is 6.06. The van der Waals surface area contributed by atoms with Gasteiger partial charge in [-0.15, -0.1) is 0 Å².